The van der Waals surface area contributed by atoms with Gasteiger partial charge in [-0.1, -0.05) is 18.2 Å². The van der Waals surface area contributed by atoms with Gasteiger partial charge in [-0.25, -0.2) is 9.37 Å². The maximum absolute atomic E-state index is 14.8. The van der Waals surface area contributed by atoms with Gasteiger partial charge >= 0.3 is 0 Å². The Balaban J connectivity index is 1.27. The fourth-order valence-electron chi connectivity index (χ4n) is 4.27. The van der Waals surface area contributed by atoms with Crippen LogP contribution >= 0.6 is 0 Å². The number of rotatable bonds is 5. The van der Waals surface area contributed by atoms with Crippen molar-refractivity contribution in [3.8, 4) is 0 Å². The molecular formula is C24H27FN8. The summed E-state index contributed by atoms with van der Waals surface area (Å²) in [5.41, 5.74) is 3.30. The monoisotopic (exact) mass is 446 g/mol. The van der Waals surface area contributed by atoms with E-state index < -0.39 is 0 Å². The third kappa shape index (κ3) is 4.63. The SMILES string of the molecule is CC1=CC=CC2C1=NN=CC2Nc1ccnc(Nc2ccc(N3CCN(C)CC3)c(F)c2)n1. The lowest BCUT2D eigenvalue weighted by Crippen LogP contribution is -2.44. The fraction of sp³-hybridized carbons (Fsp3) is 0.333. The molecular weight excluding hydrogens is 419 g/mol. The summed E-state index contributed by atoms with van der Waals surface area (Å²) in [6.07, 6.45) is 9.65. The first-order valence-corrected chi connectivity index (χ1v) is 11.1. The molecule has 2 atom stereocenters. The molecule has 2 N–H and O–H groups in total. The van der Waals surface area contributed by atoms with Gasteiger partial charge in [0.05, 0.1) is 23.7 Å². The number of nitrogens with one attached hydrogen (secondary N) is 2. The van der Waals surface area contributed by atoms with E-state index in [0.29, 0.717) is 23.1 Å². The molecule has 1 fully saturated rings. The largest absolute Gasteiger partial charge is 0.367 e. The van der Waals surface area contributed by atoms with Gasteiger partial charge in [0, 0.05) is 44.0 Å². The second-order valence-corrected chi connectivity index (χ2v) is 8.53. The molecule has 0 bridgehead atoms. The van der Waals surface area contributed by atoms with Gasteiger partial charge < -0.3 is 20.4 Å². The van der Waals surface area contributed by atoms with Crippen LogP contribution in [0.1, 0.15) is 6.92 Å². The first-order valence-electron chi connectivity index (χ1n) is 11.1. The molecule has 2 aliphatic heterocycles. The summed E-state index contributed by atoms with van der Waals surface area (Å²) in [4.78, 5) is 13.2. The van der Waals surface area contributed by atoms with Gasteiger partial charge in [0.25, 0.3) is 0 Å². The maximum atomic E-state index is 14.8. The molecule has 5 rings (SSSR count). The number of fused-ring (bicyclic) bond motifs is 1. The molecule has 0 saturated carbocycles. The molecule has 1 aromatic carbocycles. The molecule has 0 spiro atoms. The van der Waals surface area contributed by atoms with Crippen molar-refractivity contribution in [3.63, 3.8) is 0 Å². The highest BCUT2D eigenvalue weighted by Crippen LogP contribution is 2.26. The normalized spacial score (nSPS) is 22.5. The first-order chi connectivity index (χ1) is 16.1. The maximum Gasteiger partial charge on any atom is 0.229 e. The minimum absolute atomic E-state index is 0.0690. The van der Waals surface area contributed by atoms with Crippen LogP contribution in [-0.4, -0.2) is 66.1 Å². The van der Waals surface area contributed by atoms with E-state index in [-0.39, 0.29) is 17.8 Å². The lowest BCUT2D eigenvalue weighted by molar-refractivity contribution is 0.311. The number of hydrogen-bond acceptors (Lipinski definition) is 8. The second-order valence-electron chi connectivity index (χ2n) is 8.53. The van der Waals surface area contributed by atoms with Crippen molar-refractivity contribution in [2.24, 2.45) is 16.1 Å². The molecule has 0 amide bonds. The summed E-state index contributed by atoms with van der Waals surface area (Å²) in [5, 5.41) is 15.0. The van der Waals surface area contributed by atoms with Crippen LogP contribution in [0.4, 0.5) is 27.5 Å². The van der Waals surface area contributed by atoms with E-state index in [2.05, 4.69) is 53.7 Å². The molecule has 3 aliphatic rings. The second kappa shape index (κ2) is 9.11. The Labute approximate surface area is 192 Å². The topological polar surface area (TPSA) is 81.0 Å². The number of aromatic nitrogens is 2. The molecule has 9 heteroatoms. The summed E-state index contributed by atoms with van der Waals surface area (Å²) in [5.74, 6) is 0.885. The molecule has 2 aromatic rings. The Hall–Kier alpha value is -3.59. The Morgan fingerprint density at radius 2 is 1.97 bits per heavy atom. The minimum atomic E-state index is -0.253. The van der Waals surface area contributed by atoms with Crippen molar-refractivity contribution in [3.05, 3.63) is 60.1 Å². The van der Waals surface area contributed by atoms with E-state index in [4.69, 9.17) is 0 Å². The molecule has 8 nitrogen and oxygen atoms in total. The molecule has 33 heavy (non-hydrogen) atoms. The van der Waals surface area contributed by atoms with Gasteiger partial charge in [-0.15, -0.1) is 0 Å². The van der Waals surface area contributed by atoms with Crippen molar-refractivity contribution in [2.45, 2.75) is 13.0 Å². The Kier molecular flexibility index (Phi) is 5.87. The average molecular weight is 447 g/mol. The zero-order valence-corrected chi connectivity index (χ0v) is 18.7. The molecule has 1 saturated heterocycles. The van der Waals surface area contributed by atoms with Gasteiger partial charge in [0.1, 0.15) is 11.6 Å². The lowest BCUT2D eigenvalue weighted by atomic mass is 9.86. The van der Waals surface area contributed by atoms with Crippen LogP contribution in [0.2, 0.25) is 0 Å². The van der Waals surface area contributed by atoms with Crippen molar-refractivity contribution < 1.29 is 4.39 Å². The number of hydrogen-bond donors (Lipinski definition) is 2. The van der Waals surface area contributed by atoms with Crippen LogP contribution in [0.15, 0.2) is 64.5 Å². The lowest BCUT2D eigenvalue weighted by Gasteiger charge is -2.34. The van der Waals surface area contributed by atoms with Crippen LogP contribution in [0.3, 0.4) is 0 Å². The summed E-state index contributed by atoms with van der Waals surface area (Å²) in [6, 6.07) is 6.90. The van der Waals surface area contributed by atoms with Crippen LogP contribution in [0.5, 0.6) is 0 Å². The molecule has 3 heterocycles. The Bertz CT molecular complexity index is 1150. The van der Waals surface area contributed by atoms with Crippen LogP contribution < -0.4 is 15.5 Å². The van der Waals surface area contributed by atoms with Crippen LogP contribution in [0.25, 0.3) is 0 Å². The number of likely N-dealkylation sites (N-methyl/N-ethyl adjacent to an activating group) is 1. The predicted octanol–water partition coefficient (Wildman–Crippen LogP) is 3.46. The highest BCUT2D eigenvalue weighted by Gasteiger charge is 2.28. The number of benzene rings is 1. The fourth-order valence-corrected chi connectivity index (χ4v) is 4.27. The van der Waals surface area contributed by atoms with Crippen molar-refractivity contribution in [1.29, 1.82) is 0 Å². The van der Waals surface area contributed by atoms with Crippen molar-refractivity contribution in [1.82, 2.24) is 14.9 Å². The minimum Gasteiger partial charge on any atom is -0.367 e. The molecule has 2 unspecified atom stereocenters. The molecule has 1 aliphatic carbocycles. The number of nitrogens with zero attached hydrogens (tertiary/aromatic N) is 6. The van der Waals surface area contributed by atoms with Crippen molar-refractivity contribution >= 4 is 35.1 Å². The predicted molar refractivity (Wildman–Crippen MR) is 131 cm³/mol. The number of halogens is 1. The van der Waals surface area contributed by atoms with Gasteiger partial charge in [-0.05, 0) is 43.8 Å². The van der Waals surface area contributed by atoms with Gasteiger partial charge in [-0.3, -0.25) is 0 Å². The number of allylic oxidation sites excluding steroid dienone is 3. The third-order valence-corrected chi connectivity index (χ3v) is 6.18. The molecule has 1 aromatic heterocycles. The van der Waals surface area contributed by atoms with E-state index in [1.54, 1.807) is 18.5 Å². The van der Waals surface area contributed by atoms with Crippen LogP contribution in [-0.2, 0) is 0 Å². The summed E-state index contributed by atoms with van der Waals surface area (Å²) in [6.45, 7) is 5.53. The first kappa shape index (κ1) is 21.3. The standard InChI is InChI=1S/C24H27FN8/c1-16-4-3-5-18-20(15-27-31-23(16)18)29-22-8-9-26-24(30-22)28-17-6-7-21(19(25)14-17)33-12-10-32(2)11-13-33/h3-9,14-15,18,20H,10-13H2,1-2H3,(H2,26,28,29,30). The van der Waals surface area contributed by atoms with Gasteiger partial charge in [-0.2, -0.15) is 15.2 Å². The quantitative estimate of drug-likeness (QED) is 0.732. The zero-order valence-electron chi connectivity index (χ0n) is 18.7. The van der Waals surface area contributed by atoms with E-state index >= 15 is 0 Å². The van der Waals surface area contributed by atoms with E-state index in [1.807, 2.05) is 31.2 Å². The van der Waals surface area contributed by atoms with E-state index in [0.717, 1.165) is 37.5 Å². The number of anilines is 4. The average Bonchev–Trinajstić information content (AvgIpc) is 2.81. The molecule has 0 radical (unpaired) electrons. The van der Waals surface area contributed by atoms with Gasteiger partial charge in [0.15, 0.2) is 0 Å². The Morgan fingerprint density at radius 1 is 1.12 bits per heavy atom. The third-order valence-electron chi connectivity index (χ3n) is 6.18. The van der Waals surface area contributed by atoms with Gasteiger partial charge in [0.2, 0.25) is 5.95 Å². The highest BCUT2D eigenvalue weighted by molar-refractivity contribution is 6.07. The molecule has 170 valence electrons. The Morgan fingerprint density at radius 3 is 2.79 bits per heavy atom. The van der Waals surface area contributed by atoms with E-state index in [1.165, 1.54) is 6.07 Å². The summed E-state index contributed by atoms with van der Waals surface area (Å²) >= 11 is 0. The van der Waals surface area contributed by atoms with E-state index in [9.17, 15) is 4.39 Å². The summed E-state index contributed by atoms with van der Waals surface area (Å²) in [7, 11) is 2.08. The summed E-state index contributed by atoms with van der Waals surface area (Å²) < 4.78 is 14.8. The zero-order chi connectivity index (χ0) is 22.8. The smallest absolute Gasteiger partial charge is 0.229 e. The van der Waals surface area contributed by atoms with Crippen molar-refractivity contribution in [2.75, 3.05) is 48.8 Å². The number of piperazine rings is 1. The van der Waals surface area contributed by atoms with Crippen LogP contribution in [0, 0.1) is 11.7 Å². The highest BCUT2D eigenvalue weighted by atomic mass is 19.1.